The smallest absolute Gasteiger partial charge is 0.252 e. The van der Waals surface area contributed by atoms with E-state index in [-0.39, 0.29) is 17.5 Å². The van der Waals surface area contributed by atoms with E-state index >= 15 is 0 Å². The Morgan fingerprint density at radius 2 is 2.05 bits per heavy atom. The highest BCUT2D eigenvalue weighted by Gasteiger charge is 2.18. The van der Waals surface area contributed by atoms with E-state index in [2.05, 4.69) is 45.3 Å². The summed E-state index contributed by atoms with van der Waals surface area (Å²) in [5.74, 6) is 1.10. The molecule has 6 heteroatoms. The third-order valence-corrected chi connectivity index (χ3v) is 3.86. The van der Waals surface area contributed by atoms with Crippen LogP contribution >= 0.6 is 15.9 Å². The summed E-state index contributed by atoms with van der Waals surface area (Å²) in [6, 6.07) is 9.75. The number of nitrogens with one attached hydrogen (secondary N) is 1. The van der Waals surface area contributed by atoms with Crippen LogP contribution in [0.1, 0.15) is 49.8 Å². The predicted molar refractivity (Wildman–Crippen MR) is 89.9 cm³/mol. The van der Waals surface area contributed by atoms with Crippen molar-refractivity contribution in [3.63, 3.8) is 0 Å². The molecule has 0 fully saturated rings. The number of hydrazone groups is 1. The number of nitrogens with zero attached hydrogens (tertiary/aromatic N) is 3. The van der Waals surface area contributed by atoms with Crippen LogP contribution in [-0.4, -0.2) is 11.2 Å². The lowest BCUT2D eigenvalue weighted by molar-refractivity contribution is 0.439. The molecule has 5 nitrogen and oxygen atoms in total. The number of benzene rings is 1. The molecule has 1 aromatic heterocycles. The van der Waals surface area contributed by atoms with E-state index in [1.165, 1.54) is 0 Å². The van der Waals surface area contributed by atoms with Crippen molar-refractivity contribution < 1.29 is 4.42 Å². The van der Waals surface area contributed by atoms with Crippen molar-refractivity contribution in [2.45, 2.75) is 32.6 Å². The van der Waals surface area contributed by atoms with Crippen molar-refractivity contribution in [2.75, 3.05) is 5.43 Å². The molecule has 22 heavy (non-hydrogen) atoms. The molecule has 0 aliphatic rings. The van der Waals surface area contributed by atoms with Gasteiger partial charge in [-0.25, -0.2) is 10.4 Å². The summed E-state index contributed by atoms with van der Waals surface area (Å²) in [4.78, 5) is 4.24. The van der Waals surface area contributed by atoms with E-state index in [1.54, 1.807) is 6.21 Å². The van der Waals surface area contributed by atoms with E-state index in [0.717, 1.165) is 22.9 Å². The fraction of sp³-hybridized carbons (Fsp3) is 0.312. The minimum Gasteiger partial charge on any atom is -0.422 e. The summed E-state index contributed by atoms with van der Waals surface area (Å²) in [7, 11) is 0. The Balaban J connectivity index is 2.12. The van der Waals surface area contributed by atoms with Crippen LogP contribution in [0.4, 0.5) is 5.88 Å². The van der Waals surface area contributed by atoms with Gasteiger partial charge in [-0.2, -0.15) is 10.4 Å². The van der Waals surface area contributed by atoms with Crippen molar-refractivity contribution in [1.29, 1.82) is 5.26 Å². The molecule has 1 aromatic carbocycles. The van der Waals surface area contributed by atoms with Crippen molar-refractivity contribution in [3.8, 4) is 6.07 Å². The molecular formula is C16H17BrN4O. The van der Waals surface area contributed by atoms with Gasteiger partial charge in [0.15, 0.2) is 0 Å². The van der Waals surface area contributed by atoms with E-state index < -0.39 is 0 Å². The maximum Gasteiger partial charge on any atom is 0.252 e. The SMILES string of the molecule is CCC(CC)c1nc(C#N)c(N/N=C/c2ccc(Br)cc2)o1. The number of oxazole rings is 1. The van der Waals surface area contributed by atoms with E-state index in [0.29, 0.717) is 5.89 Å². The number of aromatic nitrogens is 1. The summed E-state index contributed by atoms with van der Waals surface area (Å²) in [5, 5.41) is 13.2. The first kappa shape index (κ1) is 16.2. The van der Waals surface area contributed by atoms with Gasteiger partial charge in [0.25, 0.3) is 5.88 Å². The summed E-state index contributed by atoms with van der Waals surface area (Å²) < 4.78 is 6.65. The molecule has 0 unspecified atom stereocenters. The molecule has 0 atom stereocenters. The number of rotatable bonds is 6. The Hall–Kier alpha value is -2.13. The Morgan fingerprint density at radius 3 is 2.64 bits per heavy atom. The van der Waals surface area contributed by atoms with Crippen LogP contribution in [0.15, 0.2) is 38.3 Å². The third-order valence-electron chi connectivity index (χ3n) is 3.33. The normalized spacial score (nSPS) is 11.0. The maximum atomic E-state index is 9.14. The topological polar surface area (TPSA) is 74.2 Å². The molecule has 0 saturated carbocycles. The zero-order chi connectivity index (χ0) is 15.9. The van der Waals surface area contributed by atoms with Crippen molar-refractivity contribution in [2.24, 2.45) is 5.10 Å². The Kier molecular flexibility index (Phi) is 5.73. The van der Waals surface area contributed by atoms with Crippen LogP contribution in [0, 0.1) is 11.3 Å². The second-order valence-corrected chi connectivity index (χ2v) is 5.69. The van der Waals surface area contributed by atoms with Crippen LogP contribution in [0.5, 0.6) is 0 Å². The second-order valence-electron chi connectivity index (χ2n) is 4.78. The largest absolute Gasteiger partial charge is 0.422 e. The Labute approximate surface area is 138 Å². The summed E-state index contributed by atoms with van der Waals surface area (Å²) in [6.07, 6.45) is 3.50. The standard InChI is InChI=1S/C16H17BrN4O/c1-3-12(4-2)15-20-14(9-18)16(22-15)21-19-10-11-5-7-13(17)8-6-11/h5-8,10,12,21H,3-4H2,1-2H3/b19-10+. The Bertz CT molecular complexity index is 681. The van der Waals surface area contributed by atoms with Crippen LogP contribution in [-0.2, 0) is 0 Å². The zero-order valence-corrected chi connectivity index (χ0v) is 14.1. The molecule has 0 amide bonds. The van der Waals surface area contributed by atoms with Gasteiger partial charge in [-0.3, -0.25) is 0 Å². The predicted octanol–water partition coefficient (Wildman–Crippen LogP) is 4.66. The summed E-state index contributed by atoms with van der Waals surface area (Å²) in [5.41, 5.74) is 3.93. The molecule has 0 saturated heterocycles. The average molecular weight is 361 g/mol. The molecule has 114 valence electrons. The van der Waals surface area contributed by atoms with Gasteiger partial charge < -0.3 is 4.42 Å². The first-order chi connectivity index (χ1) is 10.7. The molecular weight excluding hydrogens is 344 g/mol. The summed E-state index contributed by atoms with van der Waals surface area (Å²) >= 11 is 3.38. The van der Waals surface area contributed by atoms with Gasteiger partial charge in [-0.05, 0) is 30.5 Å². The van der Waals surface area contributed by atoms with Gasteiger partial charge in [0.05, 0.1) is 6.21 Å². The fourth-order valence-corrected chi connectivity index (χ4v) is 2.28. The quantitative estimate of drug-likeness (QED) is 0.600. The zero-order valence-electron chi connectivity index (χ0n) is 12.5. The van der Waals surface area contributed by atoms with E-state index in [9.17, 15) is 0 Å². The highest BCUT2D eigenvalue weighted by molar-refractivity contribution is 9.10. The molecule has 0 bridgehead atoms. The molecule has 2 rings (SSSR count). The average Bonchev–Trinajstić information content (AvgIpc) is 2.94. The maximum absolute atomic E-state index is 9.14. The highest BCUT2D eigenvalue weighted by atomic mass is 79.9. The van der Waals surface area contributed by atoms with Crippen molar-refractivity contribution >= 4 is 28.0 Å². The molecule has 0 aliphatic carbocycles. The van der Waals surface area contributed by atoms with Crippen LogP contribution in [0.2, 0.25) is 0 Å². The van der Waals surface area contributed by atoms with E-state index in [4.69, 9.17) is 9.68 Å². The van der Waals surface area contributed by atoms with Gasteiger partial charge >= 0.3 is 0 Å². The van der Waals surface area contributed by atoms with Crippen LogP contribution in [0.25, 0.3) is 0 Å². The molecule has 1 heterocycles. The fourth-order valence-electron chi connectivity index (χ4n) is 2.02. The number of hydrogen-bond acceptors (Lipinski definition) is 5. The number of halogens is 1. The lowest BCUT2D eigenvalue weighted by Crippen LogP contribution is -1.95. The van der Waals surface area contributed by atoms with Gasteiger partial charge in [-0.15, -0.1) is 0 Å². The van der Waals surface area contributed by atoms with E-state index in [1.807, 2.05) is 30.3 Å². The highest BCUT2D eigenvalue weighted by Crippen LogP contribution is 2.27. The summed E-state index contributed by atoms with van der Waals surface area (Å²) in [6.45, 7) is 4.15. The third kappa shape index (κ3) is 3.95. The molecule has 1 N–H and O–H groups in total. The molecule has 0 spiro atoms. The first-order valence-electron chi connectivity index (χ1n) is 7.13. The van der Waals surface area contributed by atoms with Crippen molar-refractivity contribution in [3.05, 3.63) is 45.9 Å². The van der Waals surface area contributed by atoms with Gasteiger partial charge in [-0.1, -0.05) is 41.9 Å². The van der Waals surface area contributed by atoms with Crippen LogP contribution < -0.4 is 5.43 Å². The monoisotopic (exact) mass is 360 g/mol. The van der Waals surface area contributed by atoms with Gasteiger partial charge in [0.1, 0.15) is 6.07 Å². The lowest BCUT2D eigenvalue weighted by Gasteiger charge is -2.05. The first-order valence-corrected chi connectivity index (χ1v) is 7.92. The second kappa shape index (κ2) is 7.76. The van der Waals surface area contributed by atoms with Crippen molar-refractivity contribution in [1.82, 2.24) is 4.98 Å². The molecule has 2 aromatic rings. The molecule has 0 aliphatic heterocycles. The minimum absolute atomic E-state index is 0.220. The Morgan fingerprint density at radius 1 is 1.36 bits per heavy atom. The molecule has 0 radical (unpaired) electrons. The lowest BCUT2D eigenvalue weighted by atomic mass is 10.0. The van der Waals surface area contributed by atoms with Gasteiger partial charge in [0, 0.05) is 10.4 Å². The minimum atomic E-state index is 0.220. The number of nitriles is 1. The van der Waals surface area contributed by atoms with Gasteiger partial charge in [0.2, 0.25) is 11.6 Å². The van der Waals surface area contributed by atoms with Crippen LogP contribution in [0.3, 0.4) is 0 Å². The number of hydrogen-bond donors (Lipinski definition) is 1. The number of anilines is 1.